The Labute approximate surface area is 98.1 Å². The number of aryl methyl sites for hydroxylation is 1. The molecule has 1 aromatic heterocycles. The van der Waals surface area contributed by atoms with Crippen molar-refractivity contribution in [2.75, 3.05) is 5.01 Å². The molecule has 0 aliphatic rings. The molecule has 84 valence electrons. The van der Waals surface area contributed by atoms with Crippen molar-refractivity contribution < 1.29 is 4.39 Å². The molecular formula is C12H13FN2S. The fourth-order valence-corrected chi connectivity index (χ4v) is 2.34. The smallest absolute Gasteiger partial charge is 0.123 e. The highest BCUT2D eigenvalue weighted by atomic mass is 32.1. The molecule has 0 saturated heterocycles. The van der Waals surface area contributed by atoms with E-state index in [1.807, 2.05) is 0 Å². The van der Waals surface area contributed by atoms with Crippen LogP contribution in [0, 0.1) is 12.7 Å². The molecule has 1 heterocycles. The van der Waals surface area contributed by atoms with Crippen LogP contribution in [0.4, 0.5) is 10.1 Å². The van der Waals surface area contributed by atoms with E-state index in [0.717, 1.165) is 5.69 Å². The first kappa shape index (κ1) is 11.1. The highest BCUT2D eigenvalue weighted by molar-refractivity contribution is 7.10. The van der Waals surface area contributed by atoms with Gasteiger partial charge in [0.2, 0.25) is 0 Å². The average molecular weight is 236 g/mol. The van der Waals surface area contributed by atoms with Crippen molar-refractivity contribution in [1.29, 1.82) is 0 Å². The van der Waals surface area contributed by atoms with Crippen molar-refractivity contribution in [1.82, 2.24) is 0 Å². The Bertz CT molecular complexity index is 464. The molecule has 2 rings (SSSR count). The van der Waals surface area contributed by atoms with Gasteiger partial charge in [-0.05, 0) is 48.2 Å². The van der Waals surface area contributed by atoms with Gasteiger partial charge in [0.25, 0.3) is 0 Å². The lowest BCUT2D eigenvalue weighted by atomic mass is 10.3. The summed E-state index contributed by atoms with van der Waals surface area (Å²) < 4.78 is 12.7. The van der Waals surface area contributed by atoms with Crippen LogP contribution in [0.3, 0.4) is 0 Å². The minimum atomic E-state index is -0.246. The van der Waals surface area contributed by atoms with Gasteiger partial charge in [0, 0.05) is 4.88 Å². The SMILES string of the molecule is Cc1csc(CN(N)c2ccc(F)cc2)c1. The van der Waals surface area contributed by atoms with Gasteiger partial charge in [-0.25, -0.2) is 10.2 Å². The maximum Gasteiger partial charge on any atom is 0.123 e. The van der Waals surface area contributed by atoms with E-state index in [1.165, 1.54) is 22.6 Å². The Balaban J connectivity index is 2.08. The normalized spacial score (nSPS) is 10.4. The molecule has 0 bridgehead atoms. The molecule has 2 N–H and O–H groups in total. The number of thiophene rings is 1. The largest absolute Gasteiger partial charge is 0.306 e. The van der Waals surface area contributed by atoms with Crippen molar-refractivity contribution in [3.8, 4) is 0 Å². The van der Waals surface area contributed by atoms with E-state index in [0.29, 0.717) is 6.54 Å². The van der Waals surface area contributed by atoms with E-state index in [-0.39, 0.29) is 5.82 Å². The Morgan fingerprint density at radius 2 is 2.00 bits per heavy atom. The van der Waals surface area contributed by atoms with Crippen LogP contribution in [-0.2, 0) is 6.54 Å². The number of nitrogens with zero attached hydrogens (tertiary/aromatic N) is 1. The van der Waals surface area contributed by atoms with Crippen LogP contribution in [0.2, 0.25) is 0 Å². The molecule has 0 amide bonds. The van der Waals surface area contributed by atoms with Crippen molar-refractivity contribution in [2.45, 2.75) is 13.5 Å². The van der Waals surface area contributed by atoms with Gasteiger partial charge in [-0.15, -0.1) is 11.3 Å². The molecule has 1 aromatic carbocycles. The van der Waals surface area contributed by atoms with Gasteiger partial charge in [0.1, 0.15) is 5.82 Å². The lowest BCUT2D eigenvalue weighted by Gasteiger charge is -2.17. The molecule has 2 nitrogen and oxygen atoms in total. The van der Waals surface area contributed by atoms with Crippen molar-refractivity contribution in [3.63, 3.8) is 0 Å². The molecule has 0 atom stereocenters. The summed E-state index contributed by atoms with van der Waals surface area (Å²) in [5.74, 6) is 5.66. The van der Waals surface area contributed by atoms with Crippen molar-refractivity contribution in [2.24, 2.45) is 5.84 Å². The van der Waals surface area contributed by atoms with Crippen LogP contribution >= 0.6 is 11.3 Å². The first-order valence-electron chi connectivity index (χ1n) is 4.97. The second kappa shape index (κ2) is 4.63. The fraction of sp³-hybridized carbons (Fsp3) is 0.167. The number of anilines is 1. The summed E-state index contributed by atoms with van der Waals surface area (Å²) in [6, 6.07) is 8.28. The number of nitrogens with two attached hydrogens (primary N) is 1. The van der Waals surface area contributed by atoms with Gasteiger partial charge in [-0.3, -0.25) is 0 Å². The monoisotopic (exact) mass is 236 g/mol. The molecule has 2 aromatic rings. The molecular weight excluding hydrogens is 223 g/mol. The zero-order valence-corrected chi connectivity index (χ0v) is 9.80. The van der Waals surface area contributed by atoms with E-state index in [1.54, 1.807) is 28.5 Å². The molecule has 4 heteroatoms. The molecule has 0 radical (unpaired) electrons. The predicted octanol–water partition coefficient (Wildman–Crippen LogP) is 3.08. The van der Waals surface area contributed by atoms with E-state index in [9.17, 15) is 4.39 Å². The summed E-state index contributed by atoms with van der Waals surface area (Å²) >= 11 is 1.68. The summed E-state index contributed by atoms with van der Waals surface area (Å²) in [6.45, 7) is 2.70. The molecule has 0 aliphatic carbocycles. The second-order valence-electron chi connectivity index (χ2n) is 3.69. The third kappa shape index (κ3) is 2.59. The van der Waals surface area contributed by atoms with Crippen LogP contribution in [0.25, 0.3) is 0 Å². The number of rotatable bonds is 3. The standard InChI is InChI=1S/C12H13FN2S/c1-9-6-12(16-8-9)7-15(14)11-4-2-10(13)3-5-11/h2-6,8H,7,14H2,1H3. The molecule has 0 saturated carbocycles. The highest BCUT2D eigenvalue weighted by Crippen LogP contribution is 2.18. The van der Waals surface area contributed by atoms with Gasteiger partial charge in [0.05, 0.1) is 12.2 Å². The highest BCUT2D eigenvalue weighted by Gasteiger charge is 2.04. The van der Waals surface area contributed by atoms with Crippen LogP contribution < -0.4 is 10.9 Å². The summed E-state index contributed by atoms with van der Waals surface area (Å²) in [5.41, 5.74) is 2.06. The fourth-order valence-electron chi connectivity index (χ4n) is 1.47. The summed E-state index contributed by atoms with van der Waals surface area (Å²) in [7, 11) is 0. The Morgan fingerprint density at radius 1 is 1.31 bits per heavy atom. The number of hydrazine groups is 1. The third-order valence-corrected chi connectivity index (χ3v) is 3.31. The van der Waals surface area contributed by atoms with Crippen LogP contribution in [0.5, 0.6) is 0 Å². The van der Waals surface area contributed by atoms with Crippen LogP contribution in [0.15, 0.2) is 35.7 Å². The molecule has 16 heavy (non-hydrogen) atoms. The summed E-state index contributed by atoms with van der Waals surface area (Å²) in [6.07, 6.45) is 0. The van der Waals surface area contributed by atoms with E-state index >= 15 is 0 Å². The van der Waals surface area contributed by atoms with Gasteiger partial charge in [-0.1, -0.05) is 0 Å². The topological polar surface area (TPSA) is 29.3 Å². The maximum absolute atomic E-state index is 12.7. The van der Waals surface area contributed by atoms with Gasteiger partial charge >= 0.3 is 0 Å². The molecule has 0 unspecified atom stereocenters. The van der Waals surface area contributed by atoms with E-state index < -0.39 is 0 Å². The zero-order valence-electron chi connectivity index (χ0n) is 8.98. The lowest BCUT2D eigenvalue weighted by molar-refractivity contribution is 0.627. The third-order valence-electron chi connectivity index (χ3n) is 2.27. The van der Waals surface area contributed by atoms with Crippen molar-refractivity contribution in [3.05, 3.63) is 52.0 Å². The van der Waals surface area contributed by atoms with E-state index in [4.69, 9.17) is 5.84 Å². The molecule has 0 fully saturated rings. The number of hydrogen-bond acceptors (Lipinski definition) is 3. The first-order chi connectivity index (χ1) is 7.65. The molecule has 0 aliphatic heterocycles. The Morgan fingerprint density at radius 3 is 2.56 bits per heavy atom. The number of hydrogen-bond donors (Lipinski definition) is 1. The average Bonchev–Trinajstić information content (AvgIpc) is 2.65. The summed E-state index contributed by atoms with van der Waals surface area (Å²) in [4.78, 5) is 1.20. The van der Waals surface area contributed by atoms with Gasteiger partial charge in [0.15, 0.2) is 0 Å². The minimum absolute atomic E-state index is 0.246. The summed E-state index contributed by atoms with van der Waals surface area (Å²) in [5, 5.41) is 3.71. The maximum atomic E-state index is 12.7. The zero-order chi connectivity index (χ0) is 11.5. The Kier molecular flexibility index (Phi) is 3.22. The Hall–Kier alpha value is -1.39. The minimum Gasteiger partial charge on any atom is -0.306 e. The van der Waals surface area contributed by atoms with Gasteiger partial charge in [-0.2, -0.15) is 0 Å². The van der Waals surface area contributed by atoms with Crippen molar-refractivity contribution >= 4 is 17.0 Å². The quantitative estimate of drug-likeness (QED) is 0.655. The lowest BCUT2D eigenvalue weighted by Crippen LogP contribution is -2.29. The first-order valence-corrected chi connectivity index (χ1v) is 5.85. The second-order valence-corrected chi connectivity index (χ2v) is 4.69. The molecule has 0 spiro atoms. The van der Waals surface area contributed by atoms with E-state index in [2.05, 4.69) is 18.4 Å². The van der Waals surface area contributed by atoms with Crippen LogP contribution in [0.1, 0.15) is 10.4 Å². The van der Waals surface area contributed by atoms with Crippen LogP contribution in [-0.4, -0.2) is 0 Å². The van der Waals surface area contributed by atoms with Gasteiger partial charge < -0.3 is 5.01 Å². The number of benzene rings is 1. The predicted molar refractivity (Wildman–Crippen MR) is 65.8 cm³/mol. The number of halogens is 1.